The molecule has 0 aliphatic carbocycles. The van der Waals surface area contributed by atoms with E-state index in [0.717, 1.165) is 0 Å². The van der Waals surface area contributed by atoms with E-state index in [1.807, 2.05) is 6.92 Å². The zero-order chi connectivity index (χ0) is 14.5. The highest BCUT2D eigenvalue weighted by Gasteiger charge is 2.13. The van der Waals surface area contributed by atoms with Crippen molar-refractivity contribution in [1.29, 1.82) is 0 Å². The Morgan fingerprint density at radius 3 is 2.37 bits per heavy atom. The second-order valence-electron chi connectivity index (χ2n) is 4.50. The van der Waals surface area contributed by atoms with Crippen molar-refractivity contribution >= 4 is 33.2 Å². The Morgan fingerprint density at radius 1 is 1.26 bits per heavy atom. The summed E-state index contributed by atoms with van der Waals surface area (Å²) in [5.74, 6) is -0.0817. The maximum atomic E-state index is 11.9. The number of aliphatic hydroxyl groups is 1. The number of halogens is 2. The molecule has 0 aliphatic rings. The molecular formula is C12H17Cl2NO3S. The molecular weight excluding hydrogens is 309 g/mol. The van der Waals surface area contributed by atoms with Crippen LogP contribution in [0.1, 0.15) is 18.9 Å². The van der Waals surface area contributed by atoms with Crippen molar-refractivity contribution in [2.45, 2.75) is 19.1 Å². The largest absolute Gasteiger partial charge is 0.396 e. The highest BCUT2D eigenvalue weighted by atomic mass is 35.5. The summed E-state index contributed by atoms with van der Waals surface area (Å²) in [5, 5.41) is 9.57. The molecule has 1 aromatic carbocycles. The van der Waals surface area contributed by atoms with E-state index in [-0.39, 0.29) is 18.3 Å². The Hall–Kier alpha value is -0.330. The first-order chi connectivity index (χ1) is 8.82. The van der Waals surface area contributed by atoms with E-state index >= 15 is 0 Å². The SMILES string of the molecule is CC(CCO)CNS(=O)(=O)Cc1cc(Cl)cc(Cl)c1. The van der Waals surface area contributed by atoms with Gasteiger partial charge in [0.15, 0.2) is 0 Å². The van der Waals surface area contributed by atoms with E-state index in [1.54, 1.807) is 18.2 Å². The van der Waals surface area contributed by atoms with Crippen molar-refractivity contribution in [2.24, 2.45) is 5.92 Å². The first-order valence-electron chi connectivity index (χ1n) is 5.85. The lowest BCUT2D eigenvalue weighted by Crippen LogP contribution is -2.29. The summed E-state index contributed by atoms with van der Waals surface area (Å²) in [6, 6.07) is 4.70. The van der Waals surface area contributed by atoms with Crippen molar-refractivity contribution in [3.8, 4) is 0 Å². The fourth-order valence-corrected chi connectivity index (χ4v) is 3.37. The Balaban J connectivity index is 2.63. The normalized spacial score (nSPS) is 13.5. The van der Waals surface area contributed by atoms with E-state index in [9.17, 15) is 8.42 Å². The molecule has 19 heavy (non-hydrogen) atoms. The van der Waals surface area contributed by atoms with Crippen LogP contribution in [-0.4, -0.2) is 26.7 Å². The lowest BCUT2D eigenvalue weighted by molar-refractivity contribution is 0.263. The molecule has 7 heteroatoms. The van der Waals surface area contributed by atoms with Gasteiger partial charge in [-0.3, -0.25) is 0 Å². The van der Waals surface area contributed by atoms with Gasteiger partial charge in [-0.05, 0) is 36.1 Å². The number of nitrogens with one attached hydrogen (secondary N) is 1. The molecule has 0 aliphatic heterocycles. The molecule has 0 heterocycles. The number of aliphatic hydroxyl groups excluding tert-OH is 1. The zero-order valence-electron chi connectivity index (χ0n) is 10.6. The fraction of sp³-hybridized carbons (Fsp3) is 0.500. The van der Waals surface area contributed by atoms with Crippen molar-refractivity contribution in [3.05, 3.63) is 33.8 Å². The maximum Gasteiger partial charge on any atom is 0.215 e. The minimum Gasteiger partial charge on any atom is -0.396 e. The van der Waals surface area contributed by atoms with Crippen LogP contribution in [0.4, 0.5) is 0 Å². The Bertz CT molecular complexity index is 499. The van der Waals surface area contributed by atoms with Gasteiger partial charge in [0.25, 0.3) is 0 Å². The molecule has 108 valence electrons. The molecule has 0 saturated carbocycles. The molecule has 0 saturated heterocycles. The van der Waals surface area contributed by atoms with Gasteiger partial charge in [-0.1, -0.05) is 30.1 Å². The van der Waals surface area contributed by atoms with Crippen LogP contribution in [0, 0.1) is 5.92 Å². The van der Waals surface area contributed by atoms with E-state index in [0.29, 0.717) is 28.6 Å². The van der Waals surface area contributed by atoms with E-state index in [1.165, 1.54) is 0 Å². The topological polar surface area (TPSA) is 66.4 Å². The Labute approximate surface area is 123 Å². The van der Waals surface area contributed by atoms with Gasteiger partial charge in [0, 0.05) is 23.2 Å². The van der Waals surface area contributed by atoms with Crippen LogP contribution < -0.4 is 4.72 Å². The summed E-state index contributed by atoms with van der Waals surface area (Å²) >= 11 is 11.6. The number of hydrogen-bond acceptors (Lipinski definition) is 3. The van der Waals surface area contributed by atoms with E-state index < -0.39 is 10.0 Å². The third-order valence-electron chi connectivity index (χ3n) is 2.55. The summed E-state index contributed by atoms with van der Waals surface area (Å²) in [5.41, 5.74) is 0.541. The van der Waals surface area contributed by atoms with Crippen LogP contribution >= 0.6 is 23.2 Å². The molecule has 0 amide bonds. The number of benzene rings is 1. The van der Waals surface area contributed by atoms with Gasteiger partial charge in [0.1, 0.15) is 0 Å². The Morgan fingerprint density at radius 2 is 1.84 bits per heavy atom. The predicted octanol–water partition coefficient (Wildman–Crippen LogP) is 2.43. The summed E-state index contributed by atoms with van der Waals surface area (Å²) in [6.45, 7) is 2.22. The van der Waals surface area contributed by atoms with Crippen molar-refractivity contribution < 1.29 is 13.5 Å². The molecule has 4 nitrogen and oxygen atoms in total. The van der Waals surface area contributed by atoms with Gasteiger partial charge < -0.3 is 5.11 Å². The van der Waals surface area contributed by atoms with E-state index in [2.05, 4.69) is 4.72 Å². The highest BCUT2D eigenvalue weighted by molar-refractivity contribution is 7.88. The molecule has 2 N–H and O–H groups in total. The average Bonchev–Trinajstić information content (AvgIpc) is 2.25. The van der Waals surface area contributed by atoms with Gasteiger partial charge in [-0.25, -0.2) is 13.1 Å². The lowest BCUT2D eigenvalue weighted by atomic mass is 10.1. The minimum atomic E-state index is -3.43. The lowest BCUT2D eigenvalue weighted by Gasteiger charge is -2.12. The van der Waals surface area contributed by atoms with Crippen LogP contribution in [-0.2, 0) is 15.8 Å². The van der Waals surface area contributed by atoms with Gasteiger partial charge in [-0.15, -0.1) is 0 Å². The molecule has 1 rings (SSSR count). The molecule has 0 fully saturated rings. The van der Waals surface area contributed by atoms with Gasteiger partial charge >= 0.3 is 0 Å². The monoisotopic (exact) mass is 325 g/mol. The zero-order valence-corrected chi connectivity index (χ0v) is 12.9. The second kappa shape index (κ2) is 7.45. The third-order valence-corrected chi connectivity index (χ3v) is 4.31. The highest BCUT2D eigenvalue weighted by Crippen LogP contribution is 2.20. The number of hydrogen-bond donors (Lipinski definition) is 2. The molecule has 0 spiro atoms. The molecule has 0 aromatic heterocycles. The fourth-order valence-electron chi connectivity index (χ4n) is 1.56. The van der Waals surface area contributed by atoms with Crippen LogP contribution in [0.3, 0.4) is 0 Å². The van der Waals surface area contributed by atoms with Crippen molar-refractivity contribution in [2.75, 3.05) is 13.2 Å². The minimum absolute atomic E-state index is 0.0484. The van der Waals surface area contributed by atoms with Crippen molar-refractivity contribution in [3.63, 3.8) is 0 Å². The van der Waals surface area contributed by atoms with Crippen LogP contribution in [0.25, 0.3) is 0 Å². The Kier molecular flexibility index (Phi) is 6.56. The summed E-state index contributed by atoms with van der Waals surface area (Å²) in [6.07, 6.45) is 0.561. The molecule has 0 radical (unpaired) electrons. The van der Waals surface area contributed by atoms with E-state index in [4.69, 9.17) is 28.3 Å². The van der Waals surface area contributed by atoms with Crippen LogP contribution in [0.2, 0.25) is 10.0 Å². The second-order valence-corrected chi connectivity index (χ2v) is 7.18. The van der Waals surface area contributed by atoms with Crippen LogP contribution in [0.5, 0.6) is 0 Å². The summed E-state index contributed by atoms with van der Waals surface area (Å²) in [7, 11) is -3.43. The van der Waals surface area contributed by atoms with Crippen LogP contribution in [0.15, 0.2) is 18.2 Å². The standard InChI is InChI=1S/C12H17Cl2NO3S/c1-9(2-3-16)7-15-19(17,18)8-10-4-11(13)6-12(14)5-10/h4-6,9,15-16H,2-3,7-8H2,1H3. The predicted molar refractivity (Wildman–Crippen MR) is 78.0 cm³/mol. The molecule has 1 unspecified atom stereocenters. The molecule has 0 bridgehead atoms. The molecule has 1 atom stereocenters. The molecule has 1 aromatic rings. The average molecular weight is 326 g/mol. The van der Waals surface area contributed by atoms with Gasteiger partial charge in [0.2, 0.25) is 10.0 Å². The first-order valence-corrected chi connectivity index (χ1v) is 8.26. The number of rotatable bonds is 7. The third kappa shape index (κ3) is 6.58. The van der Waals surface area contributed by atoms with Crippen molar-refractivity contribution in [1.82, 2.24) is 4.72 Å². The summed E-state index contributed by atoms with van der Waals surface area (Å²) < 4.78 is 26.2. The summed E-state index contributed by atoms with van der Waals surface area (Å²) in [4.78, 5) is 0. The quantitative estimate of drug-likeness (QED) is 0.809. The smallest absolute Gasteiger partial charge is 0.215 e. The maximum absolute atomic E-state index is 11.9. The number of sulfonamides is 1. The van der Waals surface area contributed by atoms with Gasteiger partial charge in [-0.2, -0.15) is 0 Å². The van der Waals surface area contributed by atoms with Gasteiger partial charge in [0.05, 0.1) is 5.75 Å². The first kappa shape index (κ1) is 16.7.